The third-order valence-electron chi connectivity index (χ3n) is 3.45. The van der Waals surface area contributed by atoms with Crippen LogP contribution in [0.25, 0.3) is 11.1 Å². The average molecular weight is 245 g/mol. The number of hydrogen-bond donors (Lipinski definition) is 1. The number of benzene rings is 1. The fraction of sp³-hybridized carbons (Fsp3) is 0.385. The standard InChI is InChI=1S/C13H15N3O2/c14-12(17)9-5-7-16(8-6-9)13-15-10-3-1-2-4-11(10)18-13/h1-4,9H,5-8H2,(H2,14,17). The fourth-order valence-electron chi connectivity index (χ4n) is 2.35. The summed E-state index contributed by atoms with van der Waals surface area (Å²) in [6, 6.07) is 8.34. The molecule has 2 heterocycles. The molecule has 1 aliphatic rings. The van der Waals surface area contributed by atoms with E-state index in [1.165, 1.54) is 0 Å². The Morgan fingerprint density at radius 3 is 2.72 bits per heavy atom. The predicted octanol–water partition coefficient (Wildman–Crippen LogP) is 1.53. The van der Waals surface area contributed by atoms with Crippen molar-refractivity contribution in [2.24, 2.45) is 11.7 Å². The van der Waals surface area contributed by atoms with Gasteiger partial charge in [0.2, 0.25) is 5.91 Å². The van der Waals surface area contributed by atoms with Gasteiger partial charge in [-0.2, -0.15) is 4.98 Å². The Morgan fingerprint density at radius 1 is 1.33 bits per heavy atom. The molecule has 1 fully saturated rings. The van der Waals surface area contributed by atoms with Gasteiger partial charge in [0.15, 0.2) is 5.58 Å². The number of rotatable bonds is 2. The van der Waals surface area contributed by atoms with Gasteiger partial charge in [0, 0.05) is 19.0 Å². The van der Waals surface area contributed by atoms with E-state index in [2.05, 4.69) is 9.88 Å². The van der Waals surface area contributed by atoms with Gasteiger partial charge >= 0.3 is 0 Å². The Hall–Kier alpha value is -2.04. The first-order chi connectivity index (χ1) is 8.74. The lowest BCUT2D eigenvalue weighted by molar-refractivity contribution is -0.122. The molecule has 0 radical (unpaired) electrons. The van der Waals surface area contributed by atoms with Crippen molar-refractivity contribution in [2.45, 2.75) is 12.8 Å². The summed E-state index contributed by atoms with van der Waals surface area (Å²) in [4.78, 5) is 17.6. The number of nitrogens with zero attached hydrogens (tertiary/aromatic N) is 2. The van der Waals surface area contributed by atoms with Crippen LogP contribution in [-0.4, -0.2) is 24.0 Å². The molecule has 5 heteroatoms. The molecule has 0 atom stereocenters. The Labute approximate surface area is 105 Å². The monoisotopic (exact) mass is 245 g/mol. The van der Waals surface area contributed by atoms with Crippen molar-refractivity contribution in [1.29, 1.82) is 0 Å². The molecule has 1 aliphatic heterocycles. The van der Waals surface area contributed by atoms with Gasteiger partial charge in [0.05, 0.1) is 0 Å². The molecule has 0 aliphatic carbocycles. The van der Waals surface area contributed by atoms with Crippen LogP contribution >= 0.6 is 0 Å². The lowest BCUT2D eigenvalue weighted by atomic mass is 9.97. The SMILES string of the molecule is NC(=O)C1CCN(c2nc3ccccc3o2)CC1. The average Bonchev–Trinajstić information content (AvgIpc) is 2.82. The number of carbonyl (C=O) groups excluding carboxylic acids is 1. The zero-order valence-corrected chi connectivity index (χ0v) is 10.0. The summed E-state index contributed by atoms with van der Waals surface area (Å²) in [5.74, 6) is -0.210. The minimum absolute atomic E-state index is 0.00868. The van der Waals surface area contributed by atoms with Crippen molar-refractivity contribution in [3.05, 3.63) is 24.3 Å². The minimum atomic E-state index is -0.202. The number of oxazole rings is 1. The quantitative estimate of drug-likeness (QED) is 0.870. The lowest BCUT2D eigenvalue weighted by Crippen LogP contribution is -2.38. The maximum Gasteiger partial charge on any atom is 0.298 e. The zero-order valence-electron chi connectivity index (χ0n) is 10.0. The van der Waals surface area contributed by atoms with Gasteiger partial charge in [-0.25, -0.2) is 0 Å². The van der Waals surface area contributed by atoms with Gasteiger partial charge in [-0.05, 0) is 25.0 Å². The van der Waals surface area contributed by atoms with Crippen LogP contribution in [0.15, 0.2) is 28.7 Å². The molecule has 0 unspecified atom stereocenters. The lowest BCUT2D eigenvalue weighted by Gasteiger charge is -2.29. The highest BCUT2D eigenvalue weighted by Crippen LogP contribution is 2.25. The predicted molar refractivity (Wildman–Crippen MR) is 68.1 cm³/mol. The minimum Gasteiger partial charge on any atom is -0.423 e. The number of nitrogens with two attached hydrogens (primary N) is 1. The molecule has 0 saturated carbocycles. The van der Waals surface area contributed by atoms with E-state index in [0.717, 1.165) is 37.0 Å². The number of hydrogen-bond acceptors (Lipinski definition) is 4. The van der Waals surface area contributed by atoms with Crippen LogP contribution in [0.3, 0.4) is 0 Å². The maximum atomic E-state index is 11.1. The van der Waals surface area contributed by atoms with Gasteiger partial charge in [-0.1, -0.05) is 12.1 Å². The fourth-order valence-corrected chi connectivity index (χ4v) is 2.35. The summed E-state index contributed by atoms with van der Waals surface area (Å²) in [5.41, 5.74) is 6.98. The first kappa shape index (κ1) is 11.1. The van der Waals surface area contributed by atoms with Crippen molar-refractivity contribution in [2.75, 3.05) is 18.0 Å². The van der Waals surface area contributed by atoms with Crippen molar-refractivity contribution >= 4 is 23.0 Å². The van der Waals surface area contributed by atoms with Crippen molar-refractivity contribution in [3.8, 4) is 0 Å². The van der Waals surface area contributed by atoms with E-state index < -0.39 is 0 Å². The second kappa shape index (κ2) is 4.33. The van der Waals surface area contributed by atoms with Gasteiger partial charge in [-0.3, -0.25) is 4.79 Å². The second-order valence-electron chi connectivity index (χ2n) is 4.63. The van der Waals surface area contributed by atoms with Gasteiger partial charge in [-0.15, -0.1) is 0 Å². The highest BCUT2D eigenvalue weighted by molar-refractivity contribution is 5.77. The van der Waals surface area contributed by atoms with Crippen molar-refractivity contribution < 1.29 is 9.21 Å². The Kier molecular flexibility index (Phi) is 2.66. The number of anilines is 1. The number of aromatic nitrogens is 1. The van der Waals surface area contributed by atoms with Gasteiger partial charge < -0.3 is 15.1 Å². The molecule has 1 saturated heterocycles. The summed E-state index contributed by atoms with van der Waals surface area (Å²) in [5, 5.41) is 0. The summed E-state index contributed by atoms with van der Waals surface area (Å²) < 4.78 is 5.70. The van der Waals surface area contributed by atoms with Gasteiger partial charge in [0.1, 0.15) is 5.52 Å². The maximum absolute atomic E-state index is 11.1. The third kappa shape index (κ3) is 1.92. The first-order valence-corrected chi connectivity index (χ1v) is 6.14. The molecule has 1 aromatic carbocycles. The Bertz CT molecular complexity index is 537. The van der Waals surface area contributed by atoms with E-state index in [4.69, 9.17) is 10.2 Å². The molecular formula is C13H15N3O2. The molecule has 0 bridgehead atoms. The van der Waals surface area contributed by atoms with E-state index in [9.17, 15) is 4.79 Å². The van der Waals surface area contributed by atoms with Gasteiger partial charge in [0.25, 0.3) is 6.01 Å². The number of primary amides is 1. The molecule has 2 N–H and O–H groups in total. The molecule has 18 heavy (non-hydrogen) atoms. The molecule has 1 aromatic heterocycles. The van der Waals surface area contributed by atoms with Crippen LogP contribution in [0.5, 0.6) is 0 Å². The van der Waals surface area contributed by atoms with Crippen molar-refractivity contribution in [1.82, 2.24) is 4.98 Å². The van der Waals surface area contributed by atoms with Crippen molar-refractivity contribution in [3.63, 3.8) is 0 Å². The number of amides is 1. The molecule has 0 spiro atoms. The Morgan fingerprint density at radius 2 is 2.06 bits per heavy atom. The third-order valence-corrected chi connectivity index (χ3v) is 3.45. The normalized spacial score (nSPS) is 17.2. The second-order valence-corrected chi connectivity index (χ2v) is 4.63. The molecule has 3 rings (SSSR count). The highest BCUT2D eigenvalue weighted by atomic mass is 16.4. The smallest absolute Gasteiger partial charge is 0.298 e. The van der Waals surface area contributed by atoms with Crippen LogP contribution in [-0.2, 0) is 4.79 Å². The van der Waals surface area contributed by atoms with E-state index in [0.29, 0.717) is 6.01 Å². The molecule has 5 nitrogen and oxygen atoms in total. The number of carbonyl (C=O) groups is 1. The summed E-state index contributed by atoms with van der Waals surface area (Å²) in [6.45, 7) is 1.53. The van der Waals surface area contributed by atoms with E-state index in [1.54, 1.807) is 0 Å². The summed E-state index contributed by atoms with van der Waals surface area (Å²) >= 11 is 0. The van der Waals surface area contributed by atoms with Crippen LogP contribution in [0, 0.1) is 5.92 Å². The zero-order chi connectivity index (χ0) is 12.5. The van der Waals surface area contributed by atoms with E-state index in [-0.39, 0.29) is 11.8 Å². The Balaban J connectivity index is 1.78. The molecular weight excluding hydrogens is 230 g/mol. The van der Waals surface area contributed by atoms with E-state index >= 15 is 0 Å². The molecule has 94 valence electrons. The first-order valence-electron chi connectivity index (χ1n) is 6.14. The molecule has 1 amide bonds. The van der Waals surface area contributed by atoms with Crippen LogP contribution in [0.1, 0.15) is 12.8 Å². The molecule has 2 aromatic rings. The van der Waals surface area contributed by atoms with E-state index in [1.807, 2.05) is 24.3 Å². The van der Waals surface area contributed by atoms with Crippen LogP contribution in [0.2, 0.25) is 0 Å². The summed E-state index contributed by atoms with van der Waals surface area (Å²) in [6.07, 6.45) is 1.54. The van der Waals surface area contributed by atoms with Crippen LogP contribution < -0.4 is 10.6 Å². The summed E-state index contributed by atoms with van der Waals surface area (Å²) in [7, 11) is 0. The van der Waals surface area contributed by atoms with Crippen LogP contribution in [0.4, 0.5) is 6.01 Å². The number of piperidine rings is 1. The number of para-hydroxylation sites is 2. The highest BCUT2D eigenvalue weighted by Gasteiger charge is 2.25. The topological polar surface area (TPSA) is 72.4 Å². The largest absolute Gasteiger partial charge is 0.423 e. The number of fused-ring (bicyclic) bond motifs is 1.